The van der Waals surface area contributed by atoms with E-state index in [9.17, 15) is 4.79 Å². The summed E-state index contributed by atoms with van der Waals surface area (Å²) in [4.78, 5) is 11.2. The van der Waals surface area contributed by atoms with E-state index in [4.69, 9.17) is 4.74 Å². The molecule has 1 N–H and O–H groups in total. The van der Waals surface area contributed by atoms with Gasteiger partial charge in [0.1, 0.15) is 0 Å². The Hall–Kier alpha value is -0.730. The topological polar surface area (TPSA) is 38.3 Å². The molecule has 3 heteroatoms. The quantitative estimate of drug-likeness (QED) is 0.630. The zero-order valence-electron chi connectivity index (χ0n) is 10.2. The number of rotatable bonds is 8. The Bertz CT molecular complexity index is 160. The maximum atomic E-state index is 11.2. The molecule has 15 heavy (non-hydrogen) atoms. The molecular formula is C12H24NO2. The lowest BCUT2D eigenvalue weighted by molar-refractivity contribution is 0.147. The number of unbranched alkanes of at least 4 members (excludes halogenated alkanes) is 3. The Kier molecular flexibility index (Phi) is 9.33. The smallest absolute Gasteiger partial charge is 0.407 e. The van der Waals surface area contributed by atoms with Crippen molar-refractivity contribution in [2.24, 2.45) is 0 Å². The fourth-order valence-corrected chi connectivity index (χ4v) is 1.39. The normalized spacial score (nSPS) is 12.2. The lowest BCUT2D eigenvalue weighted by Gasteiger charge is -2.16. The SMILES string of the molecule is CCC[CH]CCC(CC)NC(=O)OCC. The lowest BCUT2D eigenvalue weighted by Crippen LogP contribution is -2.34. The lowest BCUT2D eigenvalue weighted by atomic mass is 10.1. The number of hydrogen-bond acceptors (Lipinski definition) is 2. The van der Waals surface area contributed by atoms with Gasteiger partial charge in [0.2, 0.25) is 0 Å². The number of nitrogens with one attached hydrogen (secondary N) is 1. The van der Waals surface area contributed by atoms with Gasteiger partial charge in [-0.25, -0.2) is 4.79 Å². The third kappa shape index (κ3) is 8.28. The van der Waals surface area contributed by atoms with Gasteiger partial charge in [0, 0.05) is 6.04 Å². The van der Waals surface area contributed by atoms with Gasteiger partial charge in [-0.2, -0.15) is 0 Å². The van der Waals surface area contributed by atoms with Crippen molar-refractivity contribution in [1.29, 1.82) is 0 Å². The van der Waals surface area contributed by atoms with Crippen LogP contribution in [0.5, 0.6) is 0 Å². The molecule has 0 saturated heterocycles. The predicted octanol–water partition coefficient (Wildman–Crippen LogP) is 3.30. The second-order valence-electron chi connectivity index (χ2n) is 3.62. The largest absolute Gasteiger partial charge is 0.450 e. The molecule has 0 aromatic heterocycles. The molecule has 1 unspecified atom stereocenters. The van der Waals surface area contributed by atoms with Crippen molar-refractivity contribution >= 4 is 6.09 Å². The second-order valence-corrected chi connectivity index (χ2v) is 3.62. The Labute approximate surface area is 93.6 Å². The van der Waals surface area contributed by atoms with Crippen LogP contribution in [0.1, 0.15) is 52.9 Å². The van der Waals surface area contributed by atoms with E-state index in [2.05, 4.69) is 25.6 Å². The van der Waals surface area contributed by atoms with Crippen LogP contribution in [-0.2, 0) is 4.74 Å². The average molecular weight is 214 g/mol. The molecule has 0 aliphatic heterocycles. The van der Waals surface area contributed by atoms with Crippen molar-refractivity contribution in [2.75, 3.05) is 6.61 Å². The van der Waals surface area contributed by atoms with E-state index in [0.717, 1.165) is 25.7 Å². The molecule has 0 spiro atoms. The van der Waals surface area contributed by atoms with Gasteiger partial charge >= 0.3 is 6.09 Å². The summed E-state index contributed by atoms with van der Waals surface area (Å²) in [5.41, 5.74) is 0. The van der Waals surface area contributed by atoms with Crippen LogP contribution in [0.4, 0.5) is 4.79 Å². The standard InChI is InChI=1S/C12H24NO2/c1-4-7-8-9-10-11(5-2)13-12(14)15-6-3/h8,11H,4-7,9-10H2,1-3H3,(H,13,14). The first-order valence-corrected chi connectivity index (χ1v) is 5.99. The number of alkyl carbamates (subject to hydrolysis) is 1. The van der Waals surface area contributed by atoms with E-state index >= 15 is 0 Å². The van der Waals surface area contributed by atoms with Crippen LogP contribution in [0, 0.1) is 6.42 Å². The van der Waals surface area contributed by atoms with Crippen LogP contribution in [-0.4, -0.2) is 18.7 Å². The molecule has 0 bridgehead atoms. The fourth-order valence-electron chi connectivity index (χ4n) is 1.39. The molecule has 3 nitrogen and oxygen atoms in total. The van der Waals surface area contributed by atoms with Crippen LogP contribution in [0.25, 0.3) is 0 Å². The maximum Gasteiger partial charge on any atom is 0.407 e. The van der Waals surface area contributed by atoms with Gasteiger partial charge in [0.05, 0.1) is 6.61 Å². The molecule has 0 aliphatic carbocycles. The highest BCUT2D eigenvalue weighted by Crippen LogP contribution is 2.07. The van der Waals surface area contributed by atoms with Gasteiger partial charge in [-0.3, -0.25) is 0 Å². The Balaban J connectivity index is 3.58. The van der Waals surface area contributed by atoms with Crippen molar-refractivity contribution < 1.29 is 9.53 Å². The van der Waals surface area contributed by atoms with Crippen LogP contribution in [0.2, 0.25) is 0 Å². The third-order valence-electron chi connectivity index (χ3n) is 2.30. The molecule has 1 amide bonds. The molecule has 0 heterocycles. The van der Waals surface area contributed by atoms with Crippen molar-refractivity contribution in [2.45, 2.75) is 58.9 Å². The molecule has 89 valence electrons. The van der Waals surface area contributed by atoms with Gasteiger partial charge < -0.3 is 10.1 Å². The molecule has 0 fully saturated rings. The molecule has 1 atom stereocenters. The van der Waals surface area contributed by atoms with Gasteiger partial charge in [0.25, 0.3) is 0 Å². The average Bonchev–Trinajstić information content (AvgIpc) is 2.23. The van der Waals surface area contributed by atoms with Crippen molar-refractivity contribution in [1.82, 2.24) is 5.32 Å². The van der Waals surface area contributed by atoms with Crippen LogP contribution in [0.15, 0.2) is 0 Å². The fraction of sp³-hybridized carbons (Fsp3) is 0.833. The van der Waals surface area contributed by atoms with Gasteiger partial charge in [-0.05, 0) is 32.6 Å². The van der Waals surface area contributed by atoms with Crippen molar-refractivity contribution in [3.63, 3.8) is 0 Å². The first-order chi connectivity index (χ1) is 7.24. The summed E-state index contributed by atoms with van der Waals surface area (Å²) in [5.74, 6) is 0. The van der Waals surface area contributed by atoms with E-state index in [1.54, 1.807) is 0 Å². The summed E-state index contributed by atoms with van der Waals surface area (Å²) in [6, 6.07) is 0.247. The first-order valence-electron chi connectivity index (χ1n) is 5.99. The number of amides is 1. The molecule has 0 aliphatic rings. The molecule has 0 rings (SSSR count). The van der Waals surface area contributed by atoms with E-state index in [0.29, 0.717) is 6.61 Å². The first kappa shape index (κ1) is 14.3. The minimum atomic E-state index is -0.292. The van der Waals surface area contributed by atoms with E-state index < -0.39 is 0 Å². The van der Waals surface area contributed by atoms with Crippen molar-refractivity contribution in [3.05, 3.63) is 6.42 Å². The highest BCUT2D eigenvalue weighted by atomic mass is 16.5. The Morgan fingerprint density at radius 1 is 1.33 bits per heavy atom. The molecular weight excluding hydrogens is 190 g/mol. The highest BCUT2D eigenvalue weighted by molar-refractivity contribution is 5.67. The summed E-state index contributed by atoms with van der Waals surface area (Å²) >= 11 is 0. The van der Waals surface area contributed by atoms with E-state index in [-0.39, 0.29) is 12.1 Å². The van der Waals surface area contributed by atoms with Gasteiger partial charge in [-0.1, -0.05) is 26.7 Å². The zero-order chi connectivity index (χ0) is 11.5. The minimum Gasteiger partial charge on any atom is -0.450 e. The van der Waals surface area contributed by atoms with Crippen molar-refractivity contribution in [3.8, 4) is 0 Å². The highest BCUT2D eigenvalue weighted by Gasteiger charge is 2.09. The Morgan fingerprint density at radius 2 is 2.07 bits per heavy atom. The summed E-state index contributed by atoms with van der Waals surface area (Å²) in [6.45, 7) is 6.50. The monoisotopic (exact) mass is 214 g/mol. The summed E-state index contributed by atoms with van der Waals surface area (Å²) in [5, 5.41) is 2.86. The number of ether oxygens (including phenoxy) is 1. The Morgan fingerprint density at radius 3 is 2.60 bits per heavy atom. The van der Waals surface area contributed by atoms with Crippen LogP contribution >= 0.6 is 0 Å². The predicted molar refractivity (Wildman–Crippen MR) is 62.7 cm³/mol. The summed E-state index contributed by atoms with van der Waals surface area (Å²) < 4.78 is 4.84. The third-order valence-corrected chi connectivity index (χ3v) is 2.30. The minimum absolute atomic E-state index is 0.247. The maximum absolute atomic E-state index is 11.2. The molecule has 0 aromatic carbocycles. The van der Waals surface area contributed by atoms with E-state index in [1.165, 1.54) is 6.42 Å². The number of carbonyl (C=O) groups is 1. The summed E-state index contributed by atoms with van der Waals surface area (Å²) in [6.07, 6.45) is 7.39. The number of carbonyl (C=O) groups excluding carboxylic acids is 1. The molecule has 1 radical (unpaired) electrons. The number of hydrogen-bond donors (Lipinski definition) is 1. The summed E-state index contributed by atoms with van der Waals surface area (Å²) in [7, 11) is 0. The van der Waals surface area contributed by atoms with Gasteiger partial charge in [-0.15, -0.1) is 0 Å². The second kappa shape index (κ2) is 9.81. The zero-order valence-corrected chi connectivity index (χ0v) is 10.2. The molecule has 0 aromatic rings. The van der Waals surface area contributed by atoms with Crippen LogP contribution in [0.3, 0.4) is 0 Å². The van der Waals surface area contributed by atoms with E-state index in [1.807, 2.05) is 6.92 Å². The van der Waals surface area contributed by atoms with Gasteiger partial charge in [0.15, 0.2) is 0 Å². The van der Waals surface area contributed by atoms with Crippen LogP contribution < -0.4 is 5.32 Å². The molecule has 0 saturated carbocycles.